The highest BCUT2D eigenvalue weighted by molar-refractivity contribution is 14.0. The van der Waals surface area contributed by atoms with Crippen molar-refractivity contribution < 1.29 is 9.53 Å². The van der Waals surface area contributed by atoms with Gasteiger partial charge in [0, 0.05) is 40.2 Å². The molecule has 0 fully saturated rings. The number of nitrogens with one attached hydrogen (secondary N) is 3. The van der Waals surface area contributed by atoms with Crippen LogP contribution in [-0.4, -0.2) is 64.8 Å². The molecule has 132 valence electrons. The molecule has 1 heterocycles. The van der Waals surface area contributed by atoms with Gasteiger partial charge in [-0.2, -0.15) is 0 Å². The number of halogens is 1. The summed E-state index contributed by atoms with van der Waals surface area (Å²) in [5.74, 6) is 0.449. The van der Waals surface area contributed by atoms with Crippen LogP contribution in [0.3, 0.4) is 0 Å². The van der Waals surface area contributed by atoms with Crippen molar-refractivity contribution in [3.63, 3.8) is 0 Å². The normalized spacial score (nSPS) is 10.7. The zero-order chi connectivity index (χ0) is 16.4. The second-order valence-corrected chi connectivity index (χ2v) is 5.47. The maximum atomic E-state index is 11.6. The highest BCUT2D eigenvalue weighted by Crippen LogP contribution is 2.17. The molecule has 0 atom stereocenters. The first-order valence-corrected chi connectivity index (χ1v) is 7.76. The van der Waals surface area contributed by atoms with E-state index in [4.69, 9.17) is 4.74 Å². The number of aromatic nitrogens is 1. The smallest absolute Gasteiger partial charge is 0.239 e. The minimum atomic E-state index is -0.108. The first-order valence-electron chi connectivity index (χ1n) is 6.88. The molecule has 0 saturated heterocycles. The molecule has 0 aliphatic carbocycles. The van der Waals surface area contributed by atoms with E-state index in [1.165, 1.54) is 0 Å². The van der Waals surface area contributed by atoms with Crippen LogP contribution < -0.4 is 20.9 Å². The Labute approximate surface area is 158 Å². The van der Waals surface area contributed by atoms with Gasteiger partial charge >= 0.3 is 0 Å². The maximum Gasteiger partial charge on any atom is 0.239 e. The van der Waals surface area contributed by atoms with Crippen LogP contribution in [0.4, 0.5) is 5.13 Å². The van der Waals surface area contributed by atoms with Crippen molar-refractivity contribution >= 4 is 52.3 Å². The average Bonchev–Trinajstić information content (AvgIpc) is 2.97. The molecule has 3 N–H and O–H groups in total. The molecule has 1 aromatic heterocycles. The van der Waals surface area contributed by atoms with Crippen molar-refractivity contribution in [1.82, 2.24) is 20.9 Å². The van der Waals surface area contributed by atoms with E-state index in [1.807, 2.05) is 24.4 Å². The topological polar surface area (TPSA) is 90.9 Å². The Morgan fingerprint density at radius 1 is 1.39 bits per heavy atom. The van der Waals surface area contributed by atoms with E-state index in [2.05, 4.69) is 25.9 Å². The molecule has 0 aliphatic rings. The molecule has 0 bridgehead atoms. The van der Waals surface area contributed by atoms with Crippen molar-refractivity contribution in [2.24, 2.45) is 4.99 Å². The van der Waals surface area contributed by atoms with Gasteiger partial charge in [-0.1, -0.05) is 0 Å². The monoisotopic (exact) mass is 456 g/mol. The quantitative estimate of drug-likeness (QED) is 0.225. The Bertz CT molecular complexity index is 495. The fraction of sp³-hybridized carbons (Fsp3) is 0.615. The van der Waals surface area contributed by atoms with E-state index >= 15 is 0 Å². The van der Waals surface area contributed by atoms with Crippen molar-refractivity contribution in [2.75, 3.05) is 52.8 Å². The maximum absolute atomic E-state index is 11.6. The predicted molar refractivity (Wildman–Crippen MR) is 105 cm³/mol. The van der Waals surface area contributed by atoms with Gasteiger partial charge in [-0.3, -0.25) is 9.79 Å². The van der Waals surface area contributed by atoms with Crippen LogP contribution in [0.1, 0.15) is 5.69 Å². The van der Waals surface area contributed by atoms with Crippen LogP contribution >= 0.6 is 35.3 Å². The van der Waals surface area contributed by atoms with E-state index in [-0.39, 0.29) is 36.4 Å². The lowest BCUT2D eigenvalue weighted by Crippen LogP contribution is -2.43. The molecular weight excluding hydrogens is 431 g/mol. The van der Waals surface area contributed by atoms with E-state index in [0.29, 0.717) is 25.7 Å². The van der Waals surface area contributed by atoms with Gasteiger partial charge in [0.2, 0.25) is 5.91 Å². The van der Waals surface area contributed by atoms with Crippen molar-refractivity contribution in [3.05, 3.63) is 11.1 Å². The first-order chi connectivity index (χ1) is 10.6. The van der Waals surface area contributed by atoms with E-state index in [9.17, 15) is 4.79 Å². The molecule has 0 saturated carbocycles. The third-order valence-electron chi connectivity index (χ3n) is 2.63. The zero-order valence-electron chi connectivity index (χ0n) is 13.9. The van der Waals surface area contributed by atoms with Crippen LogP contribution in [0.25, 0.3) is 0 Å². The van der Waals surface area contributed by atoms with Gasteiger partial charge in [0.15, 0.2) is 11.1 Å². The second kappa shape index (κ2) is 12.3. The van der Waals surface area contributed by atoms with Crippen molar-refractivity contribution in [2.45, 2.75) is 6.54 Å². The molecule has 0 aliphatic heterocycles. The number of hydrogen-bond acceptors (Lipinski definition) is 6. The number of aliphatic imine (C=N–C) groups is 1. The van der Waals surface area contributed by atoms with E-state index < -0.39 is 0 Å². The second-order valence-electron chi connectivity index (χ2n) is 4.64. The van der Waals surface area contributed by atoms with Crippen LogP contribution in [0, 0.1) is 0 Å². The average molecular weight is 456 g/mol. The van der Waals surface area contributed by atoms with Gasteiger partial charge < -0.3 is 25.6 Å². The Kier molecular flexibility index (Phi) is 11.7. The van der Waals surface area contributed by atoms with Crippen LogP contribution in [-0.2, 0) is 16.1 Å². The molecule has 23 heavy (non-hydrogen) atoms. The third-order valence-corrected chi connectivity index (χ3v) is 3.68. The summed E-state index contributed by atoms with van der Waals surface area (Å²) in [6, 6.07) is 0. The SMILES string of the molecule is CN=C(NCC(=O)NCCOC)NCc1csc(N(C)C)n1.I. The van der Waals surface area contributed by atoms with Crippen LogP contribution in [0.5, 0.6) is 0 Å². The Balaban J connectivity index is 0.00000484. The summed E-state index contributed by atoms with van der Waals surface area (Å²) in [4.78, 5) is 22.1. The number of rotatable bonds is 8. The zero-order valence-corrected chi connectivity index (χ0v) is 17.0. The summed E-state index contributed by atoms with van der Waals surface area (Å²) in [5.41, 5.74) is 0.932. The summed E-state index contributed by atoms with van der Waals surface area (Å²) in [5, 5.41) is 11.7. The van der Waals surface area contributed by atoms with Gasteiger partial charge in [-0.05, 0) is 0 Å². The van der Waals surface area contributed by atoms with Crippen LogP contribution in [0.2, 0.25) is 0 Å². The molecule has 10 heteroatoms. The number of nitrogens with zero attached hydrogens (tertiary/aromatic N) is 3. The van der Waals surface area contributed by atoms with Gasteiger partial charge in [0.1, 0.15) is 0 Å². The summed E-state index contributed by atoms with van der Waals surface area (Å²) in [6.07, 6.45) is 0. The molecular formula is C13H25IN6O2S. The van der Waals surface area contributed by atoms with E-state index in [1.54, 1.807) is 25.5 Å². The first kappa shape index (κ1) is 21.9. The fourth-order valence-electron chi connectivity index (χ4n) is 1.50. The molecule has 0 unspecified atom stereocenters. The number of carbonyl (C=O) groups excluding carboxylic acids is 1. The fourth-order valence-corrected chi connectivity index (χ4v) is 2.26. The van der Waals surface area contributed by atoms with E-state index in [0.717, 1.165) is 10.8 Å². The number of ether oxygens (including phenoxy) is 1. The van der Waals surface area contributed by atoms with Gasteiger partial charge in [0.25, 0.3) is 0 Å². The summed E-state index contributed by atoms with van der Waals surface area (Å²) >= 11 is 1.58. The molecule has 1 aromatic rings. The minimum Gasteiger partial charge on any atom is -0.383 e. The molecule has 0 aromatic carbocycles. The highest BCUT2D eigenvalue weighted by Gasteiger charge is 2.06. The Morgan fingerprint density at radius 3 is 2.70 bits per heavy atom. The van der Waals surface area contributed by atoms with Gasteiger partial charge in [-0.25, -0.2) is 4.98 Å². The lowest BCUT2D eigenvalue weighted by molar-refractivity contribution is -0.120. The van der Waals surface area contributed by atoms with Crippen molar-refractivity contribution in [1.29, 1.82) is 0 Å². The summed E-state index contributed by atoms with van der Waals surface area (Å²) in [6.45, 7) is 1.70. The number of thiazole rings is 1. The Morgan fingerprint density at radius 2 is 2.13 bits per heavy atom. The molecule has 1 amide bonds. The van der Waals surface area contributed by atoms with Crippen molar-refractivity contribution in [3.8, 4) is 0 Å². The predicted octanol–water partition coefficient (Wildman–Crippen LogP) is 0.255. The molecule has 0 spiro atoms. The number of methoxy groups -OCH3 is 1. The summed E-state index contributed by atoms with van der Waals surface area (Å²) in [7, 11) is 7.16. The lowest BCUT2D eigenvalue weighted by Gasteiger charge is -2.11. The number of guanidine groups is 1. The molecule has 0 radical (unpaired) electrons. The highest BCUT2D eigenvalue weighted by atomic mass is 127. The summed E-state index contributed by atoms with van der Waals surface area (Å²) < 4.78 is 4.86. The largest absolute Gasteiger partial charge is 0.383 e. The molecule has 1 rings (SSSR count). The Hall–Kier alpha value is -1.14. The number of anilines is 1. The number of carbonyl (C=O) groups is 1. The third kappa shape index (κ3) is 8.91. The number of amides is 1. The standard InChI is InChI=1S/C13H24N6O2S.HI/c1-14-12(17-8-11(20)15-5-6-21-4)16-7-10-9-22-13(18-10)19(2)3;/h9H,5-8H2,1-4H3,(H,15,20)(H2,14,16,17);1H. The lowest BCUT2D eigenvalue weighted by atomic mass is 10.5. The number of hydrogen-bond donors (Lipinski definition) is 3. The van der Waals surface area contributed by atoms with Crippen LogP contribution in [0.15, 0.2) is 10.4 Å². The minimum absolute atomic E-state index is 0. The van der Waals surface area contributed by atoms with Gasteiger partial charge in [0.05, 0.1) is 25.4 Å². The van der Waals surface area contributed by atoms with Gasteiger partial charge in [-0.15, -0.1) is 35.3 Å². The molecule has 8 nitrogen and oxygen atoms in total.